The number of methoxy groups -OCH3 is 1. The number of nitriles is 1. The van der Waals surface area contributed by atoms with Gasteiger partial charge >= 0.3 is 6.18 Å². The summed E-state index contributed by atoms with van der Waals surface area (Å²) in [6.07, 6.45) is -4.44. The zero-order valence-electron chi connectivity index (χ0n) is 35.8. The number of halogens is 3. The number of benzene rings is 8. The summed E-state index contributed by atoms with van der Waals surface area (Å²) in [6.45, 7) is -0.132. The molecule has 8 aromatic carbocycles. The van der Waals surface area contributed by atoms with Gasteiger partial charge in [0.25, 0.3) is 0 Å². The van der Waals surface area contributed by atoms with Crippen LogP contribution in [0, 0.1) is 58.7 Å². The third-order valence-corrected chi connectivity index (χ3v) is 10.9. The van der Waals surface area contributed by atoms with E-state index in [-0.39, 0.29) is 6.79 Å². The number of anilines is 1. The van der Waals surface area contributed by atoms with Gasteiger partial charge in [0.1, 0.15) is 17.2 Å². The molecule has 8 heteroatoms. The molecular formula is C58H35F3N2O3. The predicted octanol–water partition coefficient (Wildman–Crippen LogP) is 12.0. The van der Waals surface area contributed by atoms with Gasteiger partial charge in [-0.25, -0.2) is 0 Å². The standard InChI is InChI=1S/C58H35F3N2O3/c1-63(2)50-26-16-40(17-27-50)5-9-43-21-31-53-48(33-43)35-46(23-13-41-18-28-51(64-3)29-19-41)57-55(53)54-52-30-20-42(8-4-39-14-24-49(25-15-39)58(59,60)61)32-47(52)34-45(56(54)65-37-66-57)22-12-38-6-10-44(36-62)11-7-38/h6-7,10-11,14-21,24-35H,37H2,1-3H3. The molecule has 1 heterocycles. The second-order valence-corrected chi connectivity index (χ2v) is 15.5. The van der Waals surface area contributed by atoms with E-state index in [1.165, 1.54) is 12.1 Å². The molecule has 0 unspecified atom stereocenters. The highest BCUT2D eigenvalue weighted by Crippen LogP contribution is 2.50. The van der Waals surface area contributed by atoms with E-state index >= 15 is 0 Å². The lowest BCUT2D eigenvalue weighted by molar-refractivity contribution is -0.137. The van der Waals surface area contributed by atoms with Gasteiger partial charge in [-0.05, 0) is 155 Å². The molecule has 0 aliphatic carbocycles. The first kappa shape index (κ1) is 42.3. The Morgan fingerprint density at radius 3 is 1.33 bits per heavy atom. The van der Waals surface area contributed by atoms with Crippen LogP contribution >= 0.6 is 0 Å². The molecule has 0 radical (unpaired) electrons. The van der Waals surface area contributed by atoms with Crippen LogP contribution in [0.1, 0.15) is 55.6 Å². The number of nitrogens with zero attached hydrogens (tertiary/aromatic N) is 2. The van der Waals surface area contributed by atoms with Crippen molar-refractivity contribution in [1.82, 2.24) is 0 Å². The summed E-state index contributed by atoms with van der Waals surface area (Å²) in [4.78, 5) is 2.04. The first-order chi connectivity index (χ1) is 32.0. The maximum absolute atomic E-state index is 13.3. The SMILES string of the molecule is COc1ccc(C#Cc2cc3cc(C#Cc4ccc(N(C)C)cc4)ccc3c3c2OCOc2c(C#Cc4ccc(C#N)cc4)cc4cc(C#Cc5ccc(C(F)(F)F)cc5)ccc4c2-3)cc1. The largest absolute Gasteiger partial charge is 0.497 e. The highest BCUT2D eigenvalue weighted by atomic mass is 19.4. The number of fused-ring (bicyclic) bond motifs is 7. The highest BCUT2D eigenvalue weighted by Gasteiger charge is 2.30. The van der Waals surface area contributed by atoms with Crippen LogP contribution in [0.4, 0.5) is 18.9 Å². The van der Waals surface area contributed by atoms with Crippen LogP contribution in [0.2, 0.25) is 0 Å². The summed E-state index contributed by atoms with van der Waals surface area (Å²) in [5.74, 6) is 27.9. The second-order valence-electron chi connectivity index (χ2n) is 15.5. The molecular weight excluding hydrogens is 830 g/mol. The van der Waals surface area contributed by atoms with E-state index in [2.05, 4.69) is 53.4 Å². The molecule has 0 saturated carbocycles. The summed E-state index contributed by atoms with van der Waals surface area (Å²) >= 11 is 0. The average Bonchev–Trinajstić information content (AvgIpc) is 3.55. The maximum atomic E-state index is 13.3. The minimum absolute atomic E-state index is 0.132. The van der Waals surface area contributed by atoms with Crippen molar-refractivity contribution in [1.29, 1.82) is 5.26 Å². The summed E-state index contributed by atoms with van der Waals surface area (Å²) in [5, 5.41) is 12.7. The molecule has 0 amide bonds. The fourth-order valence-corrected chi connectivity index (χ4v) is 7.52. The highest BCUT2D eigenvalue weighted by molar-refractivity contribution is 6.12. The van der Waals surface area contributed by atoms with Crippen LogP contribution < -0.4 is 19.1 Å². The van der Waals surface area contributed by atoms with E-state index in [0.29, 0.717) is 44.9 Å². The van der Waals surface area contributed by atoms with E-state index in [1.54, 1.807) is 31.4 Å². The van der Waals surface area contributed by atoms with E-state index < -0.39 is 11.7 Å². The molecule has 0 atom stereocenters. The van der Waals surface area contributed by atoms with Crippen molar-refractivity contribution in [3.05, 3.63) is 201 Å². The topological polar surface area (TPSA) is 54.7 Å². The third-order valence-electron chi connectivity index (χ3n) is 10.9. The lowest BCUT2D eigenvalue weighted by Gasteiger charge is -2.17. The Bertz CT molecular complexity index is 3500. The molecule has 1 aliphatic rings. The fraction of sp³-hybridized carbons (Fsp3) is 0.0862. The van der Waals surface area contributed by atoms with Crippen molar-refractivity contribution < 1.29 is 27.4 Å². The molecule has 9 rings (SSSR count). The summed E-state index contributed by atoms with van der Waals surface area (Å²) in [5.41, 5.74) is 7.84. The zero-order chi connectivity index (χ0) is 45.8. The Labute approximate surface area is 380 Å². The molecule has 8 aromatic rings. The Morgan fingerprint density at radius 1 is 0.500 bits per heavy atom. The Kier molecular flexibility index (Phi) is 11.5. The van der Waals surface area contributed by atoms with Crippen LogP contribution in [0.3, 0.4) is 0 Å². The van der Waals surface area contributed by atoms with Crippen LogP contribution in [0.15, 0.2) is 146 Å². The van der Waals surface area contributed by atoms with Gasteiger partial charge in [0.2, 0.25) is 6.79 Å². The molecule has 1 aliphatic heterocycles. The maximum Gasteiger partial charge on any atom is 0.416 e. The molecule has 66 heavy (non-hydrogen) atoms. The second kappa shape index (κ2) is 18.0. The van der Waals surface area contributed by atoms with Crippen molar-refractivity contribution in [3.8, 4) is 81.8 Å². The first-order valence-electron chi connectivity index (χ1n) is 20.7. The Hall–Kier alpha value is -9.00. The monoisotopic (exact) mass is 864 g/mol. The molecule has 0 spiro atoms. The van der Waals surface area contributed by atoms with Gasteiger partial charge in [-0.1, -0.05) is 59.5 Å². The normalized spacial score (nSPS) is 11.2. The zero-order valence-corrected chi connectivity index (χ0v) is 35.8. The van der Waals surface area contributed by atoms with Crippen molar-refractivity contribution >= 4 is 27.2 Å². The average molecular weight is 865 g/mol. The number of hydrogen-bond donors (Lipinski definition) is 0. The van der Waals surface area contributed by atoms with Crippen molar-refractivity contribution in [3.63, 3.8) is 0 Å². The molecule has 0 N–H and O–H groups in total. The van der Waals surface area contributed by atoms with Gasteiger partial charge in [0.05, 0.1) is 35.4 Å². The third kappa shape index (κ3) is 9.07. The Morgan fingerprint density at radius 2 is 0.894 bits per heavy atom. The van der Waals surface area contributed by atoms with E-state index in [0.717, 1.165) is 72.9 Å². The van der Waals surface area contributed by atoms with Gasteiger partial charge in [0, 0.05) is 64.3 Å². The van der Waals surface area contributed by atoms with Gasteiger partial charge in [-0.15, -0.1) is 0 Å². The minimum Gasteiger partial charge on any atom is -0.497 e. The first-order valence-corrected chi connectivity index (χ1v) is 20.7. The van der Waals surface area contributed by atoms with E-state index in [4.69, 9.17) is 14.2 Å². The molecule has 0 saturated heterocycles. The van der Waals surface area contributed by atoms with Crippen LogP contribution in [-0.4, -0.2) is 28.0 Å². The molecule has 316 valence electrons. The van der Waals surface area contributed by atoms with Crippen LogP contribution in [0.25, 0.3) is 32.7 Å². The van der Waals surface area contributed by atoms with Crippen LogP contribution in [-0.2, 0) is 6.18 Å². The van der Waals surface area contributed by atoms with Crippen molar-refractivity contribution in [2.45, 2.75) is 6.18 Å². The van der Waals surface area contributed by atoms with Crippen LogP contribution in [0.5, 0.6) is 17.2 Å². The lowest BCUT2D eigenvalue weighted by Crippen LogP contribution is -2.07. The molecule has 0 fully saturated rings. The van der Waals surface area contributed by atoms with E-state index in [9.17, 15) is 18.4 Å². The van der Waals surface area contributed by atoms with Gasteiger partial charge < -0.3 is 19.1 Å². The molecule has 0 bridgehead atoms. The predicted molar refractivity (Wildman–Crippen MR) is 253 cm³/mol. The molecule has 0 aromatic heterocycles. The summed E-state index contributed by atoms with van der Waals surface area (Å²) < 4.78 is 58.2. The van der Waals surface area contributed by atoms with Crippen molar-refractivity contribution in [2.75, 3.05) is 32.9 Å². The van der Waals surface area contributed by atoms with Crippen molar-refractivity contribution in [2.24, 2.45) is 0 Å². The molecule has 5 nitrogen and oxygen atoms in total. The van der Waals surface area contributed by atoms with Gasteiger partial charge in [-0.3, -0.25) is 0 Å². The van der Waals surface area contributed by atoms with Gasteiger partial charge in [0.15, 0.2) is 0 Å². The van der Waals surface area contributed by atoms with E-state index in [1.807, 2.05) is 116 Å². The number of ether oxygens (including phenoxy) is 3. The lowest BCUT2D eigenvalue weighted by atomic mass is 9.88. The quantitative estimate of drug-likeness (QED) is 0.162. The number of rotatable bonds is 2. The number of hydrogen-bond acceptors (Lipinski definition) is 5. The number of alkyl halides is 3. The summed E-state index contributed by atoms with van der Waals surface area (Å²) in [6, 6.07) is 45.3. The fourth-order valence-electron chi connectivity index (χ4n) is 7.52. The Balaban J connectivity index is 1.25. The summed E-state index contributed by atoms with van der Waals surface area (Å²) in [7, 11) is 5.61. The van der Waals surface area contributed by atoms with Gasteiger partial charge in [-0.2, -0.15) is 18.4 Å². The minimum atomic E-state index is -4.44. The smallest absolute Gasteiger partial charge is 0.416 e.